The number of urea groups is 1. The summed E-state index contributed by atoms with van der Waals surface area (Å²) in [6, 6.07) is 8.01. The maximum atomic E-state index is 13.2. The van der Waals surface area contributed by atoms with E-state index in [2.05, 4.69) is 5.32 Å². The molecule has 0 spiro atoms. The van der Waals surface area contributed by atoms with Gasteiger partial charge in [0.15, 0.2) is 0 Å². The van der Waals surface area contributed by atoms with Crippen LogP contribution < -0.4 is 14.8 Å². The van der Waals surface area contributed by atoms with E-state index >= 15 is 0 Å². The van der Waals surface area contributed by atoms with Gasteiger partial charge >= 0.3 is 6.03 Å². The molecule has 4 rings (SSSR count). The zero-order valence-corrected chi connectivity index (χ0v) is 15.9. The third-order valence-electron chi connectivity index (χ3n) is 5.11. The Morgan fingerprint density at radius 2 is 2.04 bits per heavy atom. The van der Waals surface area contributed by atoms with E-state index in [-0.39, 0.29) is 11.9 Å². The normalized spacial score (nSPS) is 19.0. The summed E-state index contributed by atoms with van der Waals surface area (Å²) < 4.78 is 16.2. The van der Waals surface area contributed by atoms with Crippen molar-refractivity contribution in [3.63, 3.8) is 0 Å². The summed E-state index contributed by atoms with van der Waals surface area (Å²) in [5.74, 6) is 1.72. The van der Waals surface area contributed by atoms with Crippen molar-refractivity contribution in [2.75, 3.05) is 27.8 Å². The largest absolute Gasteiger partial charge is 0.497 e. The lowest BCUT2D eigenvalue weighted by Crippen LogP contribution is -2.45. The summed E-state index contributed by atoms with van der Waals surface area (Å²) in [6.07, 6.45) is 1.57. The average molecular weight is 383 g/mol. The molecular weight excluding hydrogens is 362 g/mol. The quantitative estimate of drug-likeness (QED) is 0.856. The van der Waals surface area contributed by atoms with Crippen molar-refractivity contribution < 1.29 is 23.5 Å². The molecule has 0 saturated heterocycles. The third-order valence-corrected chi connectivity index (χ3v) is 5.11. The van der Waals surface area contributed by atoms with Gasteiger partial charge in [-0.3, -0.25) is 9.69 Å². The molecule has 0 radical (unpaired) electrons. The van der Waals surface area contributed by atoms with Crippen molar-refractivity contribution in [1.29, 1.82) is 0 Å². The monoisotopic (exact) mass is 383 g/mol. The molecule has 2 aliphatic heterocycles. The minimum absolute atomic E-state index is 0.145. The summed E-state index contributed by atoms with van der Waals surface area (Å²) >= 11 is 0. The molecule has 0 bridgehead atoms. The van der Waals surface area contributed by atoms with Gasteiger partial charge in [0, 0.05) is 12.6 Å². The van der Waals surface area contributed by atoms with E-state index in [9.17, 15) is 9.59 Å². The molecule has 1 aromatic heterocycles. The predicted molar refractivity (Wildman–Crippen MR) is 99.7 cm³/mol. The number of nitrogens with zero attached hydrogens (tertiary/aromatic N) is 2. The summed E-state index contributed by atoms with van der Waals surface area (Å²) in [7, 11) is 4.78. The number of methoxy groups -OCH3 is 2. The topological polar surface area (TPSA) is 84.2 Å². The number of hydrogen-bond donors (Lipinski definition) is 1. The van der Waals surface area contributed by atoms with Crippen LogP contribution in [0.1, 0.15) is 17.4 Å². The summed E-state index contributed by atoms with van der Waals surface area (Å²) in [5.41, 5.74) is 1.87. The highest BCUT2D eigenvalue weighted by atomic mass is 16.5. The number of furan rings is 1. The lowest BCUT2D eigenvalue weighted by atomic mass is 9.94. The van der Waals surface area contributed by atoms with Gasteiger partial charge in [0.2, 0.25) is 0 Å². The first-order valence-electron chi connectivity index (χ1n) is 8.84. The van der Waals surface area contributed by atoms with Crippen molar-refractivity contribution in [3.05, 3.63) is 59.2 Å². The Morgan fingerprint density at radius 1 is 1.21 bits per heavy atom. The number of ether oxygens (including phenoxy) is 2. The van der Waals surface area contributed by atoms with Gasteiger partial charge in [-0.2, -0.15) is 0 Å². The predicted octanol–water partition coefficient (Wildman–Crippen LogP) is 2.29. The zero-order valence-electron chi connectivity index (χ0n) is 15.9. The fourth-order valence-electron chi connectivity index (χ4n) is 3.64. The van der Waals surface area contributed by atoms with Crippen molar-refractivity contribution >= 4 is 11.9 Å². The van der Waals surface area contributed by atoms with Crippen LogP contribution in [0.3, 0.4) is 0 Å². The Balaban J connectivity index is 1.75. The lowest BCUT2D eigenvalue weighted by molar-refractivity contribution is -0.126. The molecule has 0 saturated carbocycles. The van der Waals surface area contributed by atoms with E-state index in [0.717, 1.165) is 0 Å². The average Bonchev–Trinajstić information content (AvgIpc) is 3.33. The minimum Gasteiger partial charge on any atom is -0.497 e. The SMILES string of the molecule is COc1ccc(OC)c([C@H]2NC(=O)N(C)C3=C2C(=O)N(Cc2ccco2)C3)c1. The van der Waals surface area contributed by atoms with Crippen LogP contribution in [0.15, 0.2) is 52.3 Å². The number of benzene rings is 1. The van der Waals surface area contributed by atoms with Crippen molar-refractivity contribution in [2.45, 2.75) is 12.6 Å². The Labute approximate surface area is 162 Å². The van der Waals surface area contributed by atoms with Gasteiger partial charge in [-0.25, -0.2) is 4.79 Å². The second-order valence-corrected chi connectivity index (χ2v) is 6.65. The fraction of sp³-hybridized carbons (Fsp3) is 0.300. The first kappa shape index (κ1) is 18.0. The van der Waals surface area contributed by atoms with Crippen molar-refractivity contribution in [1.82, 2.24) is 15.1 Å². The van der Waals surface area contributed by atoms with E-state index in [4.69, 9.17) is 13.9 Å². The molecule has 8 nitrogen and oxygen atoms in total. The smallest absolute Gasteiger partial charge is 0.322 e. The molecule has 1 aromatic carbocycles. The molecule has 146 valence electrons. The van der Waals surface area contributed by atoms with Gasteiger partial charge in [-0.05, 0) is 30.3 Å². The number of likely N-dealkylation sites (N-methyl/N-ethyl adjacent to an activating group) is 1. The molecule has 28 heavy (non-hydrogen) atoms. The number of carbonyl (C=O) groups excluding carboxylic acids is 2. The van der Waals surface area contributed by atoms with E-state index in [1.807, 2.05) is 6.07 Å². The third kappa shape index (κ3) is 2.87. The number of rotatable bonds is 5. The van der Waals surface area contributed by atoms with Crippen LogP contribution in [0.25, 0.3) is 0 Å². The summed E-state index contributed by atoms with van der Waals surface area (Å²) in [5, 5.41) is 2.91. The molecule has 2 aliphatic rings. The van der Waals surface area contributed by atoms with Crippen LogP contribution in [-0.4, -0.2) is 49.6 Å². The standard InChI is InChI=1S/C20H21N3O5/c1-22-15-11-23(10-13-5-4-8-28-13)19(24)17(15)18(21-20(22)25)14-9-12(26-2)6-7-16(14)27-3/h4-9,18H,10-11H2,1-3H3,(H,21,25)/t18-/m1/s1. The first-order valence-corrected chi connectivity index (χ1v) is 8.84. The molecule has 8 heteroatoms. The molecular formula is C20H21N3O5. The van der Waals surface area contributed by atoms with E-state index in [0.29, 0.717) is 47.2 Å². The van der Waals surface area contributed by atoms with Gasteiger partial charge in [0.25, 0.3) is 5.91 Å². The lowest BCUT2D eigenvalue weighted by Gasteiger charge is -2.31. The van der Waals surface area contributed by atoms with Gasteiger partial charge < -0.3 is 24.1 Å². The van der Waals surface area contributed by atoms with Crippen molar-refractivity contribution in [3.8, 4) is 11.5 Å². The maximum absolute atomic E-state index is 13.2. The molecule has 1 N–H and O–H groups in total. The molecule has 0 unspecified atom stereocenters. The van der Waals surface area contributed by atoms with Crippen LogP contribution in [0.5, 0.6) is 11.5 Å². The fourth-order valence-corrected chi connectivity index (χ4v) is 3.64. The van der Waals surface area contributed by atoms with Crippen LogP contribution in [0.2, 0.25) is 0 Å². The maximum Gasteiger partial charge on any atom is 0.322 e. The second-order valence-electron chi connectivity index (χ2n) is 6.65. The Morgan fingerprint density at radius 3 is 2.71 bits per heavy atom. The highest BCUT2D eigenvalue weighted by Gasteiger charge is 2.43. The van der Waals surface area contributed by atoms with Gasteiger partial charge in [-0.15, -0.1) is 0 Å². The Bertz CT molecular complexity index is 951. The highest BCUT2D eigenvalue weighted by molar-refractivity contribution is 6.01. The van der Waals surface area contributed by atoms with Gasteiger partial charge in [-0.1, -0.05) is 0 Å². The van der Waals surface area contributed by atoms with E-state index < -0.39 is 6.04 Å². The zero-order chi connectivity index (χ0) is 19.8. The Kier molecular flexibility index (Phi) is 4.46. The van der Waals surface area contributed by atoms with Crippen LogP contribution in [0.4, 0.5) is 4.79 Å². The van der Waals surface area contributed by atoms with Crippen LogP contribution in [0, 0.1) is 0 Å². The van der Waals surface area contributed by atoms with Gasteiger partial charge in [0.1, 0.15) is 17.3 Å². The summed E-state index contributed by atoms with van der Waals surface area (Å²) in [4.78, 5) is 28.9. The second kappa shape index (κ2) is 6.95. The van der Waals surface area contributed by atoms with Crippen molar-refractivity contribution in [2.24, 2.45) is 0 Å². The number of nitrogens with one attached hydrogen (secondary N) is 1. The Hall–Kier alpha value is -3.42. The number of hydrogen-bond acceptors (Lipinski definition) is 5. The highest BCUT2D eigenvalue weighted by Crippen LogP contribution is 2.40. The minimum atomic E-state index is -0.627. The van der Waals surface area contributed by atoms with E-state index in [1.54, 1.807) is 56.7 Å². The molecule has 1 atom stereocenters. The first-order chi connectivity index (χ1) is 13.5. The molecule has 3 amide bonds. The molecule has 3 heterocycles. The number of amides is 3. The van der Waals surface area contributed by atoms with Crippen LogP contribution >= 0.6 is 0 Å². The van der Waals surface area contributed by atoms with Gasteiger partial charge in [0.05, 0.1) is 50.9 Å². The van der Waals surface area contributed by atoms with Crippen LogP contribution in [-0.2, 0) is 11.3 Å². The summed E-state index contributed by atoms with van der Waals surface area (Å²) in [6.45, 7) is 0.671. The molecule has 2 aromatic rings. The molecule has 0 fully saturated rings. The van der Waals surface area contributed by atoms with E-state index in [1.165, 1.54) is 4.90 Å². The molecule has 0 aliphatic carbocycles. The number of carbonyl (C=O) groups is 2.